The molecule has 1 aliphatic heterocycles. The largest absolute Gasteiger partial charge is 0.465 e. The summed E-state index contributed by atoms with van der Waals surface area (Å²) in [4.78, 5) is 42.6. The number of anilines is 1. The number of nitrogens with one attached hydrogen (secondary N) is 1. The van der Waals surface area contributed by atoms with E-state index in [9.17, 15) is 14.4 Å². The molecule has 1 N–H and O–H groups in total. The minimum absolute atomic E-state index is 0.0647. The van der Waals surface area contributed by atoms with Gasteiger partial charge < -0.3 is 10.1 Å². The number of amidine groups is 1. The first-order valence-electron chi connectivity index (χ1n) is 9.11. The van der Waals surface area contributed by atoms with Crippen molar-refractivity contribution in [2.75, 3.05) is 19.0 Å². The van der Waals surface area contributed by atoms with Crippen molar-refractivity contribution in [3.63, 3.8) is 0 Å². The number of hydrogen-bond acceptors (Lipinski definition) is 6. The highest BCUT2D eigenvalue weighted by atomic mass is 32.2. The molecule has 0 aliphatic carbocycles. The van der Waals surface area contributed by atoms with Crippen LogP contribution in [0.5, 0.6) is 0 Å². The minimum atomic E-state index is -0.522. The Kier molecular flexibility index (Phi) is 6.66. The SMILES string of the molecule is CCN1C(=O)C(CC(=O)Nc2ccccc2)SC1=Nc1ccc(C(=O)OC)cc1. The van der Waals surface area contributed by atoms with Crippen LogP contribution >= 0.6 is 11.8 Å². The first kappa shape index (κ1) is 20.6. The van der Waals surface area contributed by atoms with Gasteiger partial charge in [-0.3, -0.25) is 14.5 Å². The number of aliphatic imine (C=N–C) groups is 1. The van der Waals surface area contributed by atoms with Crippen LogP contribution in [-0.4, -0.2) is 46.8 Å². The second-order valence-corrected chi connectivity index (χ2v) is 7.41. The van der Waals surface area contributed by atoms with Gasteiger partial charge in [0.25, 0.3) is 0 Å². The maximum absolute atomic E-state index is 12.7. The van der Waals surface area contributed by atoms with Crippen LogP contribution in [0.3, 0.4) is 0 Å². The smallest absolute Gasteiger partial charge is 0.337 e. The Morgan fingerprint density at radius 1 is 1.14 bits per heavy atom. The van der Waals surface area contributed by atoms with Crippen LogP contribution in [0.25, 0.3) is 0 Å². The Balaban J connectivity index is 1.70. The molecule has 1 atom stereocenters. The van der Waals surface area contributed by atoms with E-state index in [-0.39, 0.29) is 18.2 Å². The van der Waals surface area contributed by atoms with Crippen molar-refractivity contribution in [2.24, 2.45) is 4.99 Å². The lowest BCUT2D eigenvalue weighted by Gasteiger charge is -2.13. The second-order valence-electron chi connectivity index (χ2n) is 6.24. The predicted octanol–water partition coefficient (Wildman–Crippen LogP) is 3.45. The van der Waals surface area contributed by atoms with Crippen molar-refractivity contribution in [3.8, 4) is 0 Å². The van der Waals surface area contributed by atoms with E-state index in [4.69, 9.17) is 0 Å². The van der Waals surface area contributed by atoms with Gasteiger partial charge in [-0.05, 0) is 43.3 Å². The van der Waals surface area contributed by atoms with Crippen LogP contribution in [-0.2, 0) is 14.3 Å². The third-order valence-electron chi connectivity index (χ3n) is 4.28. The molecule has 0 bridgehead atoms. The fourth-order valence-corrected chi connectivity index (χ4v) is 4.04. The molecule has 150 valence electrons. The number of thioether (sulfide) groups is 1. The van der Waals surface area contributed by atoms with Crippen LogP contribution in [0.1, 0.15) is 23.7 Å². The highest BCUT2D eigenvalue weighted by Crippen LogP contribution is 2.31. The third-order valence-corrected chi connectivity index (χ3v) is 5.45. The number of ether oxygens (including phenoxy) is 1. The van der Waals surface area contributed by atoms with E-state index < -0.39 is 11.2 Å². The molecule has 1 saturated heterocycles. The van der Waals surface area contributed by atoms with Gasteiger partial charge in [-0.25, -0.2) is 9.79 Å². The summed E-state index contributed by atoms with van der Waals surface area (Å²) < 4.78 is 4.68. The first-order valence-corrected chi connectivity index (χ1v) is 9.99. The average Bonchev–Trinajstić information content (AvgIpc) is 3.02. The molecule has 2 aromatic rings. The van der Waals surface area contributed by atoms with Gasteiger partial charge in [0, 0.05) is 18.7 Å². The fraction of sp³-hybridized carbons (Fsp3) is 0.238. The van der Waals surface area contributed by atoms with Crippen LogP contribution in [0.15, 0.2) is 59.6 Å². The minimum Gasteiger partial charge on any atom is -0.465 e. The summed E-state index contributed by atoms with van der Waals surface area (Å²) in [5.41, 5.74) is 1.73. The van der Waals surface area contributed by atoms with Gasteiger partial charge in [-0.2, -0.15) is 0 Å². The van der Waals surface area contributed by atoms with Crippen molar-refractivity contribution in [1.29, 1.82) is 0 Å². The van der Waals surface area contributed by atoms with E-state index in [0.29, 0.717) is 28.7 Å². The highest BCUT2D eigenvalue weighted by Gasteiger charge is 2.38. The lowest BCUT2D eigenvalue weighted by molar-refractivity contribution is -0.128. The lowest BCUT2D eigenvalue weighted by atomic mass is 10.2. The molecule has 0 saturated carbocycles. The Morgan fingerprint density at radius 2 is 1.83 bits per heavy atom. The molecule has 1 unspecified atom stereocenters. The molecular formula is C21H21N3O4S. The summed E-state index contributed by atoms with van der Waals surface area (Å²) in [6.07, 6.45) is 0.0647. The van der Waals surface area contributed by atoms with Crippen LogP contribution in [0.2, 0.25) is 0 Å². The molecule has 8 heteroatoms. The maximum Gasteiger partial charge on any atom is 0.337 e. The Bertz CT molecular complexity index is 929. The Labute approximate surface area is 173 Å². The van der Waals surface area contributed by atoms with Gasteiger partial charge >= 0.3 is 5.97 Å². The van der Waals surface area contributed by atoms with Crippen molar-refractivity contribution in [1.82, 2.24) is 4.90 Å². The van der Waals surface area contributed by atoms with Gasteiger partial charge in [-0.15, -0.1) is 0 Å². The summed E-state index contributed by atoms with van der Waals surface area (Å²) in [5.74, 6) is -0.776. The Morgan fingerprint density at radius 3 is 2.45 bits per heavy atom. The van der Waals surface area contributed by atoms with Gasteiger partial charge in [0.1, 0.15) is 5.25 Å². The zero-order valence-electron chi connectivity index (χ0n) is 16.1. The third kappa shape index (κ3) is 5.03. The van der Waals surface area contributed by atoms with Crippen LogP contribution in [0, 0.1) is 0 Å². The molecule has 29 heavy (non-hydrogen) atoms. The molecule has 3 rings (SSSR count). The summed E-state index contributed by atoms with van der Waals surface area (Å²) in [6.45, 7) is 2.32. The number of rotatable bonds is 6. The van der Waals surface area contributed by atoms with E-state index in [1.807, 2.05) is 25.1 Å². The number of para-hydroxylation sites is 1. The van der Waals surface area contributed by atoms with E-state index in [1.165, 1.54) is 18.9 Å². The molecule has 2 aromatic carbocycles. The van der Waals surface area contributed by atoms with Gasteiger partial charge in [0.2, 0.25) is 11.8 Å². The summed E-state index contributed by atoms with van der Waals surface area (Å²) in [6, 6.07) is 15.7. The number of carbonyl (C=O) groups excluding carboxylic acids is 3. The Hall–Kier alpha value is -3.13. The zero-order valence-corrected chi connectivity index (χ0v) is 16.9. The van der Waals surface area contributed by atoms with Gasteiger partial charge in [0.15, 0.2) is 5.17 Å². The number of nitrogens with zero attached hydrogens (tertiary/aromatic N) is 2. The summed E-state index contributed by atoms with van der Waals surface area (Å²) in [5, 5.41) is 2.82. The van der Waals surface area contributed by atoms with E-state index in [2.05, 4.69) is 15.0 Å². The molecule has 0 aromatic heterocycles. The number of methoxy groups -OCH3 is 1. The van der Waals surface area contributed by atoms with Crippen LogP contribution in [0.4, 0.5) is 11.4 Å². The van der Waals surface area contributed by atoms with E-state index >= 15 is 0 Å². The van der Waals surface area contributed by atoms with E-state index in [1.54, 1.807) is 41.3 Å². The van der Waals surface area contributed by atoms with Crippen molar-refractivity contribution in [3.05, 3.63) is 60.2 Å². The number of carbonyl (C=O) groups is 3. The molecule has 1 aliphatic rings. The predicted molar refractivity (Wildman–Crippen MR) is 113 cm³/mol. The van der Waals surface area contributed by atoms with Gasteiger partial charge in [-0.1, -0.05) is 30.0 Å². The molecule has 1 heterocycles. The topological polar surface area (TPSA) is 88.1 Å². The highest BCUT2D eigenvalue weighted by molar-refractivity contribution is 8.15. The van der Waals surface area contributed by atoms with Crippen LogP contribution < -0.4 is 5.32 Å². The first-order chi connectivity index (χ1) is 14.0. The average molecular weight is 411 g/mol. The number of benzene rings is 2. The lowest BCUT2D eigenvalue weighted by Crippen LogP contribution is -2.33. The standard InChI is InChI=1S/C21H21N3O4S/c1-3-24-19(26)17(13-18(25)22-15-7-5-4-6-8-15)29-21(24)23-16-11-9-14(10-12-16)20(27)28-2/h4-12,17H,3,13H2,1-2H3,(H,22,25). The molecule has 1 fully saturated rings. The van der Waals surface area contributed by atoms with Crippen molar-refractivity contribution in [2.45, 2.75) is 18.6 Å². The zero-order chi connectivity index (χ0) is 20.8. The summed E-state index contributed by atoms with van der Waals surface area (Å²) >= 11 is 1.27. The van der Waals surface area contributed by atoms with Crippen molar-refractivity contribution < 1.29 is 19.1 Å². The number of hydrogen-bond donors (Lipinski definition) is 1. The van der Waals surface area contributed by atoms with Gasteiger partial charge in [0.05, 0.1) is 18.4 Å². The van der Waals surface area contributed by atoms with E-state index in [0.717, 1.165) is 0 Å². The molecule has 7 nitrogen and oxygen atoms in total. The molecule has 2 amide bonds. The molecular weight excluding hydrogens is 390 g/mol. The molecule has 0 radical (unpaired) electrons. The normalized spacial score (nSPS) is 17.4. The number of amides is 2. The second kappa shape index (κ2) is 9.38. The summed E-state index contributed by atoms with van der Waals surface area (Å²) in [7, 11) is 1.32. The quantitative estimate of drug-likeness (QED) is 0.736. The number of esters is 1. The molecule has 0 spiro atoms. The monoisotopic (exact) mass is 411 g/mol. The van der Waals surface area contributed by atoms with Crippen molar-refractivity contribution >= 4 is 46.1 Å². The fourth-order valence-electron chi connectivity index (χ4n) is 2.82. The maximum atomic E-state index is 12.7.